The number of aryl methyl sites for hydroxylation is 1. The highest BCUT2D eigenvalue weighted by atomic mass is 32.2. The lowest BCUT2D eigenvalue weighted by Gasteiger charge is -2.16. The average Bonchev–Trinajstić information content (AvgIpc) is 2.29. The molecule has 4 nitrogen and oxygen atoms in total. The number of rotatable bonds is 0. The van der Waals surface area contributed by atoms with Gasteiger partial charge in [-0.1, -0.05) is 0 Å². The molecule has 0 atom stereocenters. The minimum Gasteiger partial charge on any atom is -0.383 e. The van der Waals surface area contributed by atoms with Crippen molar-refractivity contribution in [3.63, 3.8) is 0 Å². The summed E-state index contributed by atoms with van der Waals surface area (Å²) in [5.74, 6) is 2.71. The van der Waals surface area contributed by atoms with E-state index in [9.17, 15) is 0 Å². The topological polar surface area (TPSA) is 64.7 Å². The number of anilines is 1. The fourth-order valence-corrected chi connectivity index (χ4v) is 2.88. The first-order valence-electron chi connectivity index (χ1n) is 4.81. The smallest absolute Gasteiger partial charge is 0.164 e. The number of hydrogen-bond donors (Lipinski definition) is 1. The van der Waals surface area contributed by atoms with Gasteiger partial charge in [-0.25, -0.2) is 15.0 Å². The number of aromatic nitrogens is 3. The van der Waals surface area contributed by atoms with Gasteiger partial charge in [-0.2, -0.15) is 11.8 Å². The first-order chi connectivity index (χ1) is 7.36. The van der Waals surface area contributed by atoms with Gasteiger partial charge in [-0.05, 0) is 23.3 Å². The van der Waals surface area contributed by atoms with Crippen LogP contribution in [-0.4, -0.2) is 20.7 Å². The minimum atomic E-state index is 0.552. The SMILES string of the molecule is Nc1ncnc2ncc3c(c12)CCSC3. The van der Waals surface area contributed by atoms with E-state index in [1.807, 2.05) is 18.0 Å². The molecule has 2 aromatic heterocycles. The molecule has 0 spiro atoms. The quantitative estimate of drug-likeness (QED) is 0.724. The molecule has 0 unspecified atom stereocenters. The molecule has 5 heteroatoms. The number of thioether (sulfide) groups is 1. The van der Waals surface area contributed by atoms with Crippen molar-refractivity contribution in [1.29, 1.82) is 0 Å². The second-order valence-corrected chi connectivity index (χ2v) is 4.63. The van der Waals surface area contributed by atoms with Crippen LogP contribution in [0.3, 0.4) is 0 Å². The summed E-state index contributed by atoms with van der Waals surface area (Å²) in [5, 5.41) is 0.954. The van der Waals surface area contributed by atoms with E-state index in [4.69, 9.17) is 5.73 Å². The van der Waals surface area contributed by atoms with Crippen molar-refractivity contribution in [1.82, 2.24) is 15.0 Å². The Labute approximate surface area is 91.3 Å². The molecule has 0 fully saturated rings. The Morgan fingerprint density at radius 1 is 1.27 bits per heavy atom. The second kappa shape index (κ2) is 3.34. The Balaban J connectivity index is 2.39. The van der Waals surface area contributed by atoms with Crippen molar-refractivity contribution in [2.75, 3.05) is 11.5 Å². The van der Waals surface area contributed by atoms with Crippen LogP contribution in [-0.2, 0) is 12.2 Å². The summed E-state index contributed by atoms with van der Waals surface area (Å²) in [6, 6.07) is 0. The van der Waals surface area contributed by atoms with Gasteiger partial charge in [0.25, 0.3) is 0 Å². The highest BCUT2D eigenvalue weighted by molar-refractivity contribution is 7.98. The maximum absolute atomic E-state index is 5.88. The standard InChI is InChI=1S/C10H10N4S/c11-9-8-7-1-2-15-4-6(7)3-12-10(8)14-5-13-9/h3,5H,1-2,4H2,(H2,11,12,13,14). The predicted molar refractivity (Wildman–Crippen MR) is 61.6 cm³/mol. The van der Waals surface area contributed by atoms with Crippen LogP contribution in [0.2, 0.25) is 0 Å². The van der Waals surface area contributed by atoms with Crippen molar-refractivity contribution in [3.8, 4) is 0 Å². The van der Waals surface area contributed by atoms with Gasteiger partial charge in [0.1, 0.15) is 12.1 Å². The van der Waals surface area contributed by atoms with Crippen LogP contribution in [0.25, 0.3) is 11.0 Å². The molecule has 76 valence electrons. The number of pyridine rings is 1. The number of nitrogens with zero attached hydrogens (tertiary/aromatic N) is 3. The third kappa shape index (κ3) is 1.34. The summed E-state index contributed by atoms with van der Waals surface area (Å²) in [6.45, 7) is 0. The van der Waals surface area contributed by atoms with E-state index in [2.05, 4.69) is 15.0 Å². The Morgan fingerprint density at radius 2 is 2.20 bits per heavy atom. The molecule has 0 saturated carbocycles. The van der Waals surface area contributed by atoms with Crippen molar-refractivity contribution < 1.29 is 0 Å². The van der Waals surface area contributed by atoms with Crippen LogP contribution >= 0.6 is 11.8 Å². The van der Waals surface area contributed by atoms with E-state index in [0.717, 1.165) is 23.3 Å². The first kappa shape index (κ1) is 8.91. The molecular weight excluding hydrogens is 208 g/mol. The molecule has 0 aliphatic carbocycles. The molecule has 0 radical (unpaired) electrons. The zero-order valence-electron chi connectivity index (χ0n) is 8.10. The monoisotopic (exact) mass is 218 g/mol. The summed E-state index contributed by atoms with van der Waals surface area (Å²) < 4.78 is 0. The van der Waals surface area contributed by atoms with Crippen LogP contribution in [0.15, 0.2) is 12.5 Å². The molecule has 0 saturated heterocycles. The lowest BCUT2D eigenvalue weighted by Crippen LogP contribution is -2.07. The molecule has 0 aromatic carbocycles. The van der Waals surface area contributed by atoms with Gasteiger partial charge in [0, 0.05) is 11.9 Å². The van der Waals surface area contributed by atoms with Crippen molar-refractivity contribution in [2.24, 2.45) is 0 Å². The Bertz CT molecular complexity index is 526. The largest absolute Gasteiger partial charge is 0.383 e. The van der Waals surface area contributed by atoms with E-state index in [1.54, 1.807) is 0 Å². The van der Waals surface area contributed by atoms with Crippen LogP contribution in [0.5, 0.6) is 0 Å². The van der Waals surface area contributed by atoms with E-state index >= 15 is 0 Å². The number of nitrogens with two attached hydrogens (primary N) is 1. The zero-order valence-corrected chi connectivity index (χ0v) is 8.92. The molecule has 3 heterocycles. The van der Waals surface area contributed by atoms with Crippen molar-refractivity contribution in [3.05, 3.63) is 23.7 Å². The van der Waals surface area contributed by atoms with Gasteiger partial charge < -0.3 is 5.73 Å². The van der Waals surface area contributed by atoms with Gasteiger partial charge in [-0.3, -0.25) is 0 Å². The first-order valence-corrected chi connectivity index (χ1v) is 5.96. The summed E-state index contributed by atoms with van der Waals surface area (Å²) in [6.07, 6.45) is 4.42. The van der Waals surface area contributed by atoms with Crippen molar-refractivity contribution in [2.45, 2.75) is 12.2 Å². The van der Waals surface area contributed by atoms with Gasteiger partial charge in [0.05, 0.1) is 5.39 Å². The maximum Gasteiger partial charge on any atom is 0.164 e. The summed E-state index contributed by atoms with van der Waals surface area (Å²) in [5.41, 5.74) is 9.17. The molecule has 2 N–H and O–H groups in total. The molecular formula is C10H10N4S. The molecule has 0 bridgehead atoms. The zero-order chi connectivity index (χ0) is 10.3. The molecule has 15 heavy (non-hydrogen) atoms. The van der Waals surface area contributed by atoms with Gasteiger partial charge in [0.15, 0.2) is 5.65 Å². The number of hydrogen-bond acceptors (Lipinski definition) is 5. The van der Waals surface area contributed by atoms with Crippen LogP contribution < -0.4 is 5.73 Å². The Kier molecular flexibility index (Phi) is 1.98. The molecule has 3 rings (SSSR count). The maximum atomic E-state index is 5.88. The van der Waals surface area contributed by atoms with Crippen molar-refractivity contribution >= 4 is 28.6 Å². The van der Waals surface area contributed by atoms with Crippen LogP contribution in [0, 0.1) is 0 Å². The van der Waals surface area contributed by atoms with E-state index < -0.39 is 0 Å². The molecule has 0 amide bonds. The summed E-state index contributed by atoms with van der Waals surface area (Å²) in [7, 11) is 0. The summed E-state index contributed by atoms with van der Waals surface area (Å²) in [4.78, 5) is 12.5. The predicted octanol–water partition coefficient (Wildman–Crippen LogP) is 1.40. The average molecular weight is 218 g/mol. The highest BCUT2D eigenvalue weighted by Gasteiger charge is 2.15. The molecule has 1 aliphatic rings. The summed E-state index contributed by atoms with van der Waals surface area (Å²) >= 11 is 1.93. The number of nitrogen functional groups attached to an aromatic ring is 1. The second-order valence-electron chi connectivity index (χ2n) is 3.52. The van der Waals surface area contributed by atoms with Crippen LogP contribution in [0.1, 0.15) is 11.1 Å². The Morgan fingerprint density at radius 3 is 3.13 bits per heavy atom. The van der Waals surface area contributed by atoms with Crippen LogP contribution in [0.4, 0.5) is 5.82 Å². The van der Waals surface area contributed by atoms with Gasteiger partial charge in [-0.15, -0.1) is 0 Å². The Hall–Kier alpha value is -1.36. The lowest BCUT2D eigenvalue weighted by molar-refractivity contribution is 1.07. The fraction of sp³-hybridized carbons (Fsp3) is 0.300. The minimum absolute atomic E-state index is 0.552. The van der Waals surface area contributed by atoms with E-state index in [-0.39, 0.29) is 0 Å². The van der Waals surface area contributed by atoms with E-state index in [0.29, 0.717) is 11.5 Å². The lowest BCUT2D eigenvalue weighted by atomic mass is 10.0. The molecule has 1 aliphatic heterocycles. The molecule has 2 aromatic rings. The normalized spacial score (nSPS) is 15.2. The third-order valence-corrected chi connectivity index (χ3v) is 3.65. The van der Waals surface area contributed by atoms with E-state index in [1.165, 1.54) is 17.5 Å². The highest BCUT2D eigenvalue weighted by Crippen LogP contribution is 2.30. The fourth-order valence-electron chi connectivity index (χ4n) is 1.92. The number of fused-ring (bicyclic) bond motifs is 3. The van der Waals surface area contributed by atoms with Gasteiger partial charge >= 0.3 is 0 Å². The third-order valence-electron chi connectivity index (χ3n) is 2.64. The van der Waals surface area contributed by atoms with Gasteiger partial charge in [0.2, 0.25) is 0 Å².